The fraction of sp³-hybridized carbons (Fsp3) is 0.154. The molecule has 1 aromatic carbocycles. The summed E-state index contributed by atoms with van der Waals surface area (Å²) in [5, 5.41) is 4.72. The van der Waals surface area contributed by atoms with Gasteiger partial charge in [-0.3, -0.25) is 20.2 Å². The van der Waals surface area contributed by atoms with Crippen molar-refractivity contribution >= 4 is 35.2 Å². The molecule has 7 nitrogen and oxygen atoms in total. The molecule has 2 aliphatic heterocycles. The van der Waals surface area contributed by atoms with Gasteiger partial charge in [-0.1, -0.05) is 0 Å². The number of amides is 2. The van der Waals surface area contributed by atoms with Crippen molar-refractivity contribution in [2.24, 2.45) is 0 Å². The quantitative estimate of drug-likeness (QED) is 0.465. The van der Waals surface area contributed by atoms with Crippen LogP contribution in [-0.2, 0) is 9.59 Å². The van der Waals surface area contributed by atoms with Gasteiger partial charge in [0.15, 0.2) is 16.6 Å². The van der Waals surface area contributed by atoms with Crippen LogP contribution in [0.15, 0.2) is 17.7 Å². The van der Waals surface area contributed by atoms with E-state index in [0.29, 0.717) is 22.8 Å². The molecule has 1 fully saturated rings. The molecular formula is C13H10N2O5S. The van der Waals surface area contributed by atoms with Crippen molar-refractivity contribution in [2.75, 3.05) is 13.9 Å². The van der Waals surface area contributed by atoms with Crippen LogP contribution < -0.4 is 24.8 Å². The van der Waals surface area contributed by atoms with Gasteiger partial charge in [0, 0.05) is 11.6 Å². The average molecular weight is 306 g/mol. The Balaban J connectivity index is 2.04. The van der Waals surface area contributed by atoms with Gasteiger partial charge in [-0.25, -0.2) is 0 Å². The summed E-state index contributed by atoms with van der Waals surface area (Å²) in [7, 11) is 1.48. The van der Waals surface area contributed by atoms with Crippen molar-refractivity contribution in [2.45, 2.75) is 0 Å². The number of hydrogen-bond acceptors (Lipinski definition) is 6. The zero-order chi connectivity index (χ0) is 15.0. The SMILES string of the molecule is COc1cc2c(cc1C=C1C(=O)NC(=S)NC1=O)OCO2. The van der Waals surface area contributed by atoms with E-state index in [1.165, 1.54) is 13.2 Å². The molecule has 8 heteroatoms. The second-order valence-electron chi connectivity index (χ2n) is 4.24. The smallest absolute Gasteiger partial charge is 0.263 e. The van der Waals surface area contributed by atoms with Crippen LogP contribution in [0.2, 0.25) is 0 Å². The molecule has 2 heterocycles. The van der Waals surface area contributed by atoms with Crippen LogP contribution in [0.3, 0.4) is 0 Å². The lowest BCUT2D eigenvalue weighted by atomic mass is 10.1. The van der Waals surface area contributed by atoms with E-state index in [0.717, 1.165) is 0 Å². The van der Waals surface area contributed by atoms with Crippen molar-refractivity contribution in [3.63, 3.8) is 0 Å². The van der Waals surface area contributed by atoms with Crippen LogP contribution >= 0.6 is 12.2 Å². The monoisotopic (exact) mass is 306 g/mol. The van der Waals surface area contributed by atoms with Gasteiger partial charge in [0.25, 0.3) is 11.8 Å². The highest BCUT2D eigenvalue weighted by atomic mass is 32.1. The second kappa shape index (κ2) is 5.06. The predicted molar refractivity (Wildman–Crippen MR) is 76.0 cm³/mol. The average Bonchev–Trinajstić information content (AvgIpc) is 2.88. The lowest BCUT2D eigenvalue weighted by molar-refractivity contribution is -0.123. The van der Waals surface area contributed by atoms with E-state index >= 15 is 0 Å². The van der Waals surface area contributed by atoms with Crippen LogP contribution in [0.5, 0.6) is 17.2 Å². The number of rotatable bonds is 2. The molecule has 2 amide bonds. The Labute approximate surface area is 124 Å². The number of benzene rings is 1. The zero-order valence-electron chi connectivity index (χ0n) is 10.9. The van der Waals surface area contributed by atoms with Crippen LogP contribution in [-0.4, -0.2) is 30.8 Å². The van der Waals surface area contributed by atoms with E-state index < -0.39 is 11.8 Å². The summed E-state index contributed by atoms with van der Waals surface area (Å²) in [4.78, 5) is 23.7. The van der Waals surface area contributed by atoms with Gasteiger partial charge >= 0.3 is 0 Å². The molecule has 1 aromatic rings. The Morgan fingerprint density at radius 3 is 2.43 bits per heavy atom. The highest BCUT2D eigenvalue weighted by Crippen LogP contribution is 2.38. The molecule has 2 aliphatic rings. The van der Waals surface area contributed by atoms with Gasteiger partial charge < -0.3 is 14.2 Å². The number of fused-ring (bicyclic) bond motifs is 1. The van der Waals surface area contributed by atoms with Crippen molar-refractivity contribution in [3.8, 4) is 17.2 Å². The molecule has 3 rings (SSSR count). The van der Waals surface area contributed by atoms with Gasteiger partial charge in [0.2, 0.25) is 6.79 Å². The van der Waals surface area contributed by atoms with E-state index in [2.05, 4.69) is 10.6 Å². The number of nitrogens with one attached hydrogen (secondary N) is 2. The third-order valence-electron chi connectivity index (χ3n) is 2.97. The summed E-state index contributed by atoms with van der Waals surface area (Å²) >= 11 is 4.74. The van der Waals surface area contributed by atoms with E-state index in [9.17, 15) is 9.59 Å². The Kier molecular flexibility index (Phi) is 3.22. The maximum absolute atomic E-state index is 11.8. The normalized spacial score (nSPS) is 16.4. The van der Waals surface area contributed by atoms with Crippen LogP contribution in [0.1, 0.15) is 5.56 Å². The van der Waals surface area contributed by atoms with Gasteiger partial charge in [-0.15, -0.1) is 0 Å². The fourth-order valence-corrected chi connectivity index (χ4v) is 2.18. The Morgan fingerprint density at radius 1 is 1.19 bits per heavy atom. The third-order valence-corrected chi connectivity index (χ3v) is 3.17. The van der Waals surface area contributed by atoms with Crippen LogP contribution in [0.4, 0.5) is 0 Å². The maximum Gasteiger partial charge on any atom is 0.263 e. The summed E-state index contributed by atoms with van der Waals surface area (Å²) < 4.78 is 15.7. The minimum atomic E-state index is -0.566. The van der Waals surface area contributed by atoms with Gasteiger partial charge in [0.05, 0.1) is 7.11 Å². The highest BCUT2D eigenvalue weighted by Gasteiger charge is 2.27. The molecule has 0 bridgehead atoms. The first kappa shape index (κ1) is 13.4. The molecule has 0 saturated carbocycles. The lowest BCUT2D eigenvalue weighted by Gasteiger charge is -2.16. The number of hydrogen-bond donors (Lipinski definition) is 2. The molecule has 0 radical (unpaired) electrons. The van der Waals surface area contributed by atoms with Gasteiger partial charge in [0.1, 0.15) is 11.3 Å². The van der Waals surface area contributed by atoms with E-state index in [4.69, 9.17) is 26.4 Å². The molecule has 0 spiro atoms. The molecule has 108 valence electrons. The van der Waals surface area contributed by atoms with E-state index in [-0.39, 0.29) is 17.5 Å². The fourth-order valence-electron chi connectivity index (χ4n) is 1.99. The topological polar surface area (TPSA) is 85.9 Å². The van der Waals surface area contributed by atoms with Crippen LogP contribution in [0, 0.1) is 0 Å². The van der Waals surface area contributed by atoms with E-state index in [1.807, 2.05) is 0 Å². The van der Waals surface area contributed by atoms with Gasteiger partial charge in [-0.2, -0.15) is 0 Å². The zero-order valence-corrected chi connectivity index (χ0v) is 11.7. The standard InChI is InChI=1S/C13H10N2O5S/c1-18-8-4-10-9(19-5-20-10)3-6(8)2-7-11(16)14-13(21)15-12(7)17/h2-4H,5H2,1H3,(H2,14,15,16,17,21). The Morgan fingerprint density at radius 2 is 1.81 bits per heavy atom. The number of carbonyl (C=O) groups is 2. The van der Waals surface area contributed by atoms with Crippen molar-refractivity contribution in [1.29, 1.82) is 0 Å². The maximum atomic E-state index is 11.8. The first-order valence-corrected chi connectivity index (χ1v) is 6.35. The van der Waals surface area contributed by atoms with Crippen molar-refractivity contribution < 1.29 is 23.8 Å². The molecule has 0 atom stereocenters. The largest absolute Gasteiger partial charge is 0.496 e. The minimum Gasteiger partial charge on any atom is -0.496 e. The summed E-state index contributed by atoms with van der Waals surface area (Å²) in [6, 6.07) is 3.28. The number of ether oxygens (including phenoxy) is 3. The molecule has 1 saturated heterocycles. The van der Waals surface area contributed by atoms with Crippen molar-refractivity contribution in [3.05, 3.63) is 23.3 Å². The Bertz CT molecular complexity index is 676. The lowest BCUT2D eigenvalue weighted by Crippen LogP contribution is -2.51. The molecule has 0 unspecified atom stereocenters. The van der Waals surface area contributed by atoms with E-state index in [1.54, 1.807) is 12.1 Å². The number of thiocarbonyl (C=S) groups is 1. The predicted octanol–water partition coefficient (Wildman–Crippen LogP) is 0.338. The number of methoxy groups -OCH3 is 1. The summed E-state index contributed by atoms with van der Waals surface area (Å²) in [6.07, 6.45) is 1.41. The summed E-state index contributed by atoms with van der Waals surface area (Å²) in [6.45, 7) is 0.119. The molecule has 0 aliphatic carbocycles. The molecule has 2 N–H and O–H groups in total. The van der Waals surface area contributed by atoms with Crippen LogP contribution in [0.25, 0.3) is 6.08 Å². The second-order valence-corrected chi connectivity index (χ2v) is 4.65. The number of carbonyl (C=O) groups excluding carboxylic acids is 2. The molecule has 21 heavy (non-hydrogen) atoms. The third kappa shape index (κ3) is 2.40. The summed E-state index contributed by atoms with van der Waals surface area (Å²) in [5.41, 5.74) is 0.454. The van der Waals surface area contributed by atoms with Crippen molar-refractivity contribution in [1.82, 2.24) is 10.6 Å². The Hall–Kier alpha value is -2.61. The molecular weight excluding hydrogens is 296 g/mol. The minimum absolute atomic E-state index is 0.0141. The first-order valence-electron chi connectivity index (χ1n) is 5.94. The first-order chi connectivity index (χ1) is 10.1. The molecule has 0 aromatic heterocycles. The summed E-state index contributed by atoms with van der Waals surface area (Å²) in [5.74, 6) is 0.398. The van der Waals surface area contributed by atoms with Gasteiger partial charge in [-0.05, 0) is 24.4 Å². The highest BCUT2D eigenvalue weighted by molar-refractivity contribution is 7.80.